The molecular weight excluding hydrogens is 234 g/mol. The summed E-state index contributed by atoms with van der Waals surface area (Å²) < 4.78 is 36.9. The molecule has 8 heavy (non-hydrogen) atoms. The smallest absolute Gasteiger partial charge is 0.215 e. The van der Waals surface area contributed by atoms with Gasteiger partial charge >= 0.3 is 6.18 Å². The predicted octanol–water partition coefficient (Wildman–Crippen LogP) is 2.36. The molecule has 0 aliphatic carbocycles. The minimum Gasteiger partial charge on any atom is -0.215 e. The van der Waals surface area contributed by atoms with E-state index < -0.39 is 11.9 Å². The third kappa shape index (κ3) is 2.49. The highest BCUT2D eigenvalue weighted by Crippen LogP contribution is 2.17. The summed E-state index contributed by atoms with van der Waals surface area (Å²) in [6.45, 7) is 0.923. The fourth-order valence-electron chi connectivity index (χ4n) is 0.0479. The first-order valence-corrected chi connectivity index (χ1v) is 2.67. The van der Waals surface area contributed by atoms with Gasteiger partial charge in [-0.15, -0.1) is 0 Å². The Morgan fingerprint density at radius 2 is 1.88 bits per heavy atom. The normalized spacial score (nSPS) is 14.4. The van der Waals surface area contributed by atoms with E-state index in [0.29, 0.717) is 0 Å². The Hall–Kier alpha value is 0.190. The molecule has 0 atom stereocenters. The summed E-state index contributed by atoms with van der Waals surface area (Å²) in [5.41, 5.74) is -0.807. The van der Waals surface area contributed by atoms with Gasteiger partial charge in [0.15, 0.2) is 0 Å². The summed E-state index contributed by atoms with van der Waals surface area (Å²) in [5.74, 6) is 0. The fourth-order valence-corrected chi connectivity index (χ4v) is 0.321. The van der Waals surface area contributed by atoms with Crippen LogP contribution in [0.5, 0.6) is 0 Å². The van der Waals surface area contributed by atoms with Gasteiger partial charge < -0.3 is 0 Å². The zero-order valence-corrected chi connectivity index (χ0v) is 6.12. The van der Waals surface area contributed by atoms with E-state index in [1.165, 1.54) is 22.9 Å². The van der Waals surface area contributed by atoms with Crippen LogP contribution in [0.15, 0.2) is 3.21 Å². The van der Waals surface area contributed by atoms with E-state index in [-0.39, 0.29) is 0 Å². The van der Waals surface area contributed by atoms with E-state index >= 15 is 0 Å². The summed E-state index contributed by atoms with van der Waals surface area (Å²) >= 11 is 1.31. The first-order valence-electron chi connectivity index (χ1n) is 1.71. The lowest BCUT2D eigenvalue weighted by atomic mass is 10.4. The van der Waals surface area contributed by atoms with Crippen LogP contribution in [0.25, 0.3) is 0 Å². The van der Waals surface area contributed by atoms with Gasteiger partial charge in [0.05, 0.1) is 22.9 Å². The Labute approximate surface area is 58.5 Å². The standard InChI is InChI=1S/C3H3F3IN/c1-2(8-7)3(4,5)6/h1H3. The number of hydrogen-bond donors (Lipinski definition) is 0. The second-order valence-corrected chi connectivity index (χ2v) is 1.65. The van der Waals surface area contributed by atoms with Gasteiger partial charge in [0, 0.05) is 0 Å². The average molecular weight is 237 g/mol. The van der Waals surface area contributed by atoms with Crippen molar-refractivity contribution in [2.45, 2.75) is 13.1 Å². The van der Waals surface area contributed by atoms with E-state index in [4.69, 9.17) is 0 Å². The molecular formula is C3H3F3IN. The van der Waals surface area contributed by atoms with E-state index in [0.717, 1.165) is 6.92 Å². The van der Waals surface area contributed by atoms with Crippen molar-refractivity contribution in [3.63, 3.8) is 0 Å². The molecule has 0 bridgehead atoms. The molecule has 0 aliphatic heterocycles. The number of nitrogens with zero attached hydrogens (tertiary/aromatic N) is 1. The molecule has 1 nitrogen and oxygen atoms in total. The van der Waals surface area contributed by atoms with Gasteiger partial charge in [-0.1, -0.05) is 0 Å². The maximum atomic E-state index is 11.3. The van der Waals surface area contributed by atoms with Gasteiger partial charge in [-0.05, 0) is 6.92 Å². The molecule has 5 heteroatoms. The van der Waals surface area contributed by atoms with Crippen molar-refractivity contribution in [2.24, 2.45) is 3.21 Å². The Morgan fingerprint density at radius 3 is 1.88 bits per heavy atom. The molecule has 0 heterocycles. The molecule has 0 aromatic heterocycles. The van der Waals surface area contributed by atoms with Crippen molar-refractivity contribution in [2.75, 3.05) is 0 Å². The largest absolute Gasteiger partial charge is 0.429 e. The van der Waals surface area contributed by atoms with Crippen LogP contribution in [0.2, 0.25) is 0 Å². The van der Waals surface area contributed by atoms with Crippen LogP contribution >= 0.6 is 22.9 Å². The number of alkyl halides is 3. The molecule has 0 aliphatic rings. The number of rotatable bonds is 0. The molecule has 0 saturated heterocycles. The Kier molecular flexibility index (Phi) is 2.72. The van der Waals surface area contributed by atoms with Gasteiger partial charge in [0.25, 0.3) is 0 Å². The van der Waals surface area contributed by atoms with E-state index in [1.807, 2.05) is 0 Å². The zero-order valence-electron chi connectivity index (χ0n) is 3.96. The Bertz CT molecular complexity index is 106. The van der Waals surface area contributed by atoms with Crippen molar-refractivity contribution >= 4 is 28.6 Å². The maximum Gasteiger partial charge on any atom is 0.429 e. The monoisotopic (exact) mass is 237 g/mol. The van der Waals surface area contributed by atoms with Crippen LogP contribution in [0.4, 0.5) is 13.2 Å². The van der Waals surface area contributed by atoms with Crippen molar-refractivity contribution < 1.29 is 13.2 Å². The third-order valence-corrected chi connectivity index (χ3v) is 1.26. The molecule has 0 N–H and O–H groups in total. The second kappa shape index (κ2) is 2.65. The van der Waals surface area contributed by atoms with Crippen molar-refractivity contribution in [3.8, 4) is 0 Å². The molecule has 0 unspecified atom stereocenters. The summed E-state index contributed by atoms with van der Waals surface area (Å²) in [5, 5.41) is 0. The quantitative estimate of drug-likeness (QED) is 0.453. The first-order chi connectivity index (χ1) is 3.48. The molecule has 0 fully saturated rings. The highest BCUT2D eigenvalue weighted by molar-refractivity contribution is 14.1. The van der Waals surface area contributed by atoms with Crippen molar-refractivity contribution in [1.82, 2.24) is 0 Å². The van der Waals surface area contributed by atoms with Crippen LogP contribution in [0.3, 0.4) is 0 Å². The van der Waals surface area contributed by atoms with Gasteiger partial charge in [0.2, 0.25) is 0 Å². The lowest BCUT2D eigenvalue weighted by Gasteiger charge is -2.00. The highest BCUT2D eigenvalue weighted by Gasteiger charge is 2.31. The van der Waals surface area contributed by atoms with Gasteiger partial charge in [-0.25, -0.2) is 3.21 Å². The molecule has 0 spiro atoms. The third-order valence-electron chi connectivity index (χ3n) is 0.537. The minimum atomic E-state index is -4.25. The molecule has 0 amide bonds. The topological polar surface area (TPSA) is 12.4 Å². The van der Waals surface area contributed by atoms with Crippen LogP contribution in [-0.2, 0) is 0 Å². The second-order valence-electron chi connectivity index (χ2n) is 1.17. The predicted molar refractivity (Wildman–Crippen MR) is 33.2 cm³/mol. The SMILES string of the molecule is CC(=NI)C(F)(F)F. The lowest BCUT2D eigenvalue weighted by molar-refractivity contribution is -0.0588. The summed E-state index contributed by atoms with van der Waals surface area (Å²) in [6.07, 6.45) is -4.25. The Balaban J connectivity index is 4.03. The van der Waals surface area contributed by atoms with Crippen LogP contribution in [0.1, 0.15) is 6.92 Å². The molecule has 0 aromatic carbocycles. The Morgan fingerprint density at radius 1 is 1.50 bits per heavy atom. The average Bonchev–Trinajstić information content (AvgIpc) is 1.62. The van der Waals surface area contributed by atoms with E-state index in [2.05, 4.69) is 3.21 Å². The zero-order chi connectivity index (χ0) is 6.78. The summed E-state index contributed by atoms with van der Waals surface area (Å²) in [6, 6.07) is 0. The van der Waals surface area contributed by atoms with Gasteiger partial charge in [0.1, 0.15) is 5.71 Å². The molecule has 0 aromatic rings. The van der Waals surface area contributed by atoms with Gasteiger partial charge in [-0.2, -0.15) is 13.2 Å². The molecule has 0 saturated carbocycles. The fraction of sp³-hybridized carbons (Fsp3) is 0.667. The maximum absolute atomic E-state index is 11.3. The number of hydrogen-bond acceptors (Lipinski definition) is 1. The van der Waals surface area contributed by atoms with E-state index in [9.17, 15) is 13.2 Å². The van der Waals surface area contributed by atoms with Crippen molar-refractivity contribution in [1.29, 1.82) is 0 Å². The van der Waals surface area contributed by atoms with Crippen LogP contribution in [-0.4, -0.2) is 11.9 Å². The first kappa shape index (κ1) is 8.19. The van der Waals surface area contributed by atoms with E-state index in [1.54, 1.807) is 0 Å². The molecule has 0 radical (unpaired) electrons. The summed E-state index contributed by atoms with van der Waals surface area (Å²) in [7, 11) is 0. The highest BCUT2D eigenvalue weighted by atomic mass is 127. The van der Waals surface area contributed by atoms with Crippen LogP contribution in [0, 0.1) is 0 Å². The van der Waals surface area contributed by atoms with Gasteiger partial charge in [-0.3, -0.25) is 0 Å². The lowest BCUT2D eigenvalue weighted by Crippen LogP contribution is -2.18. The number of halogens is 4. The molecule has 0 rings (SSSR count). The van der Waals surface area contributed by atoms with Crippen molar-refractivity contribution in [3.05, 3.63) is 0 Å². The molecule has 48 valence electrons. The summed E-state index contributed by atoms with van der Waals surface area (Å²) in [4.78, 5) is 0. The minimum absolute atomic E-state index is 0.807. The van der Waals surface area contributed by atoms with Crippen LogP contribution < -0.4 is 0 Å².